The summed E-state index contributed by atoms with van der Waals surface area (Å²) in [5.74, 6) is -1.17. The van der Waals surface area contributed by atoms with Crippen molar-refractivity contribution in [3.63, 3.8) is 0 Å². The van der Waals surface area contributed by atoms with Crippen molar-refractivity contribution >= 4 is 23.3 Å². The highest BCUT2D eigenvalue weighted by molar-refractivity contribution is 6.01. The second-order valence-corrected chi connectivity index (χ2v) is 5.56. The minimum absolute atomic E-state index is 0.184. The van der Waals surface area contributed by atoms with Crippen LogP contribution in [0.2, 0.25) is 0 Å². The topological polar surface area (TPSA) is 65.1 Å². The zero-order valence-corrected chi connectivity index (χ0v) is 14.3. The lowest BCUT2D eigenvalue weighted by molar-refractivity contribution is -0.155. The number of para-hydroxylation sites is 2. The molecular formula is C19H19NO5. The molecule has 0 amide bonds. The van der Waals surface area contributed by atoms with Gasteiger partial charge in [0.25, 0.3) is 0 Å². The average Bonchev–Trinajstić information content (AvgIpc) is 2.62. The number of fused-ring (bicyclic) bond motifs is 2. The molecule has 1 aliphatic rings. The lowest BCUT2D eigenvalue weighted by Crippen LogP contribution is -2.25. The first-order valence-electron chi connectivity index (χ1n) is 7.95. The largest absolute Gasteiger partial charge is 0.468 e. The van der Waals surface area contributed by atoms with Gasteiger partial charge in [-0.1, -0.05) is 18.2 Å². The number of ether oxygens (including phenoxy) is 3. The highest BCUT2D eigenvalue weighted by atomic mass is 16.5. The van der Waals surface area contributed by atoms with Crippen LogP contribution in [0.25, 0.3) is 0 Å². The Balaban J connectivity index is 2.01. The first-order valence-corrected chi connectivity index (χ1v) is 7.95. The summed E-state index contributed by atoms with van der Waals surface area (Å²) in [7, 11) is 3.18. The third kappa shape index (κ3) is 3.03. The quantitative estimate of drug-likeness (QED) is 0.627. The number of carbonyl (C=O) groups excluding carboxylic acids is 2. The Morgan fingerprint density at radius 2 is 1.80 bits per heavy atom. The number of hydrogen-bond acceptors (Lipinski definition) is 6. The molecule has 0 fully saturated rings. The molecule has 6 nitrogen and oxygen atoms in total. The molecule has 3 rings (SSSR count). The molecule has 0 saturated carbocycles. The summed E-state index contributed by atoms with van der Waals surface area (Å²) in [6.07, 6.45) is 0. The van der Waals surface area contributed by atoms with E-state index in [2.05, 4.69) is 0 Å². The molecule has 25 heavy (non-hydrogen) atoms. The Bertz CT molecular complexity index is 817. The van der Waals surface area contributed by atoms with Gasteiger partial charge in [0.15, 0.2) is 17.4 Å². The molecule has 1 unspecified atom stereocenters. The molecule has 130 valence electrons. The third-order valence-electron chi connectivity index (χ3n) is 4.08. The fraction of sp³-hybridized carbons (Fsp3) is 0.263. The number of benzene rings is 2. The predicted molar refractivity (Wildman–Crippen MR) is 92.4 cm³/mol. The van der Waals surface area contributed by atoms with Crippen LogP contribution in [-0.4, -0.2) is 32.7 Å². The van der Waals surface area contributed by atoms with Crippen molar-refractivity contribution in [2.45, 2.75) is 12.8 Å². The molecule has 1 atom stereocenters. The molecule has 1 heterocycles. The summed E-state index contributed by atoms with van der Waals surface area (Å²) in [5.41, 5.74) is 2.25. The Morgan fingerprint density at radius 3 is 2.52 bits per heavy atom. The number of esters is 2. The Kier molecular flexibility index (Phi) is 4.61. The van der Waals surface area contributed by atoms with Gasteiger partial charge in [0, 0.05) is 7.05 Å². The van der Waals surface area contributed by atoms with Gasteiger partial charge in [0.2, 0.25) is 0 Å². The summed E-state index contributed by atoms with van der Waals surface area (Å²) < 4.78 is 15.7. The van der Waals surface area contributed by atoms with E-state index in [9.17, 15) is 9.59 Å². The molecule has 0 aliphatic carbocycles. The van der Waals surface area contributed by atoms with Crippen molar-refractivity contribution in [1.29, 1.82) is 0 Å². The summed E-state index contributed by atoms with van der Waals surface area (Å²) in [5, 5.41) is 0. The maximum atomic E-state index is 12.2. The van der Waals surface area contributed by atoms with E-state index in [1.165, 1.54) is 7.11 Å². The molecular weight excluding hydrogens is 322 g/mol. The molecule has 0 saturated heterocycles. The molecule has 0 spiro atoms. The van der Waals surface area contributed by atoms with Gasteiger partial charge in [-0.2, -0.15) is 0 Å². The number of rotatable bonds is 4. The molecule has 6 heteroatoms. The second-order valence-electron chi connectivity index (χ2n) is 5.56. The van der Waals surface area contributed by atoms with Gasteiger partial charge in [0.05, 0.1) is 25.1 Å². The smallest absolute Gasteiger partial charge is 0.324 e. The van der Waals surface area contributed by atoms with E-state index in [4.69, 9.17) is 14.2 Å². The van der Waals surface area contributed by atoms with Gasteiger partial charge in [-0.25, -0.2) is 0 Å². The first kappa shape index (κ1) is 16.8. The molecule has 2 aromatic carbocycles. The third-order valence-corrected chi connectivity index (χ3v) is 4.08. The number of nitrogens with zero attached hydrogens (tertiary/aromatic N) is 1. The fourth-order valence-electron chi connectivity index (χ4n) is 2.85. The van der Waals surface area contributed by atoms with Crippen LogP contribution in [0.4, 0.5) is 11.4 Å². The molecule has 0 N–H and O–H groups in total. The van der Waals surface area contributed by atoms with Gasteiger partial charge in [-0.3, -0.25) is 9.59 Å². The first-order chi connectivity index (χ1) is 12.1. The van der Waals surface area contributed by atoms with Crippen molar-refractivity contribution in [3.8, 4) is 11.5 Å². The van der Waals surface area contributed by atoms with Gasteiger partial charge < -0.3 is 19.1 Å². The normalized spacial score (nSPS) is 13.2. The number of methoxy groups -OCH3 is 1. The van der Waals surface area contributed by atoms with Gasteiger partial charge >= 0.3 is 11.9 Å². The van der Waals surface area contributed by atoms with Crippen LogP contribution in [-0.2, 0) is 19.1 Å². The van der Waals surface area contributed by atoms with E-state index in [0.717, 1.165) is 11.4 Å². The number of anilines is 2. The lowest BCUT2D eigenvalue weighted by atomic mass is 9.98. The Morgan fingerprint density at radius 1 is 1.08 bits per heavy atom. The van der Waals surface area contributed by atoms with E-state index in [1.54, 1.807) is 19.1 Å². The maximum Gasteiger partial charge on any atom is 0.324 e. The molecule has 1 aliphatic heterocycles. The van der Waals surface area contributed by atoms with E-state index >= 15 is 0 Å². The minimum atomic E-state index is -1.14. The highest BCUT2D eigenvalue weighted by Crippen LogP contribution is 2.46. The summed E-state index contributed by atoms with van der Waals surface area (Å²) in [6.45, 7) is 1.87. The van der Waals surface area contributed by atoms with Crippen LogP contribution in [0.15, 0.2) is 42.5 Å². The van der Waals surface area contributed by atoms with Crippen LogP contribution >= 0.6 is 0 Å². The van der Waals surface area contributed by atoms with E-state index in [0.29, 0.717) is 17.1 Å². The van der Waals surface area contributed by atoms with Crippen LogP contribution in [0.3, 0.4) is 0 Å². The van der Waals surface area contributed by atoms with Crippen molar-refractivity contribution in [1.82, 2.24) is 0 Å². The monoisotopic (exact) mass is 341 g/mol. The Hall–Kier alpha value is -3.02. The van der Waals surface area contributed by atoms with Crippen molar-refractivity contribution in [3.05, 3.63) is 48.0 Å². The van der Waals surface area contributed by atoms with Crippen LogP contribution < -0.4 is 9.64 Å². The lowest BCUT2D eigenvalue weighted by Gasteiger charge is -2.30. The van der Waals surface area contributed by atoms with Crippen molar-refractivity contribution in [2.24, 2.45) is 0 Å². The molecule has 0 aromatic heterocycles. The standard InChI is InChI=1S/C19H19NO5/c1-4-24-19(22)17(18(21)23-3)12-9-10-14-16(11-12)25-15-8-6-5-7-13(15)20(14)2/h5-11,17H,4H2,1-3H3. The fourth-order valence-corrected chi connectivity index (χ4v) is 2.85. The van der Waals surface area contributed by atoms with Crippen molar-refractivity contribution < 1.29 is 23.8 Å². The number of carbonyl (C=O) groups is 2. The highest BCUT2D eigenvalue weighted by Gasteiger charge is 2.32. The van der Waals surface area contributed by atoms with Crippen LogP contribution in [0.1, 0.15) is 18.4 Å². The van der Waals surface area contributed by atoms with E-state index in [-0.39, 0.29) is 6.61 Å². The van der Waals surface area contributed by atoms with E-state index in [1.807, 2.05) is 42.3 Å². The van der Waals surface area contributed by atoms with Crippen LogP contribution in [0, 0.1) is 0 Å². The predicted octanol–water partition coefficient (Wildman–Crippen LogP) is 3.38. The summed E-state index contributed by atoms with van der Waals surface area (Å²) in [4.78, 5) is 26.3. The van der Waals surface area contributed by atoms with E-state index < -0.39 is 17.9 Å². The van der Waals surface area contributed by atoms with Crippen molar-refractivity contribution in [2.75, 3.05) is 25.7 Å². The summed E-state index contributed by atoms with van der Waals surface area (Å²) in [6, 6.07) is 12.9. The van der Waals surface area contributed by atoms with Crippen LogP contribution in [0.5, 0.6) is 11.5 Å². The Labute approximate surface area is 145 Å². The van der Waals surface area contributed by atoms with Gasteiger partial charge in [-0.05, 0) is 36.8 Å². The van der Waals surface area contributed by atoms with Gasteiger partial charge in [0.1, 0.15) is 0 Å². The molecule has 2 aromatic rings. The maximum absolute atomic E-state index is 12.2. The average molecular weight is 341 g/mol. The summed E-state index contributed by atoms with van der Waals surface area (Å²) >= 11 is 0. The van der Waals surface area contributed by atoms with Gasteiger partial charge in [-0.15, -0.1) is 0 Å². The number of hydrogen-bond donors (Lipinski definition) is 0. The minimum Gasteiger partial charge on any atom is -0.468 e. The SMILES string of the molecule is CCOC(=O)C(C(=O)OC)c1ccc2c(c1)Oc1ccccc1N2C. The zero-order valence-electron chi connectivity index (χ0n) is 14.3. The molecule has 0 radical (unpaired) electrons. The molecule has 0 bridgehead atoms. The zero-order chi connectivity index (χ0) is 18.0. The second kappa shape index (κ2) is 6.84.